The smallest absolute Gasteiger partial charge is 0.418 e. The van der Waals surface area contributed by atoms with Gasteiger partial charge < -0.3 is 19.8 Å². The van der Waals surface area contributed by atoms with E-state index in [9.17, 15) is 36.7 Å². The number of amides is 3. The van der Waals surface area contributed by atoms with Gasteiger partial charge in [0.25, 0.3) is 5.91 Å². The van der Waals surface area contributed by atoms with Gasteiger partial charge >= 0.3 is 11.0 Å². The molecule has 3 aromatic carbocycles. The van der Waals surface area contributed by atoms with Crippen LogP contribution in [0.15, 0.2) is 76.6 Å². The number of fused-ring (bicyclic) bond motifs is 2. The zero-order chi connectivity index (χ0) is 32.0. The number of ether oxygens (including phenoxy) is 2. The molecule has 1 aromatic heterocycles. The van der Waals surface area contributed by atoms with E-state index in [0.717, 1.165) is 52.3 Å². The van der Waals surface area contributed by atoms with Crippen molar-refractivity contribution in [3.63, 3.8) is 0 Å². The third kappa shape index (κ3) is 5.68. The average Bonchev–Trinajstić information content (AvgIpc) is 3.50. The SMILES string of the molecule is COc1cc(C2c3sc(=O)[nH]c3SC3C(=O)N(c4ccc(F)cc4)C(=O)C32)ccc1OCC(=O)Nc1ccccc1C(F)(F)F. The first-order chi connectivity index (χ1) is 21.5. The standard InChI is InChI=1S/C30H21F4N3O6S2/c1-42-20-12-14(6-11-19(20)43-13-21(38)35-18-5-3-2-4-17(18)30(32,33)34)22-23-25(44-26-24(22)45-29(41)36-26)28(40)37(27(23)39)16-9-7-15(31)8-10-16/h2-12,22-23,25H,13H2,1H3,(H,35,38)(H,36,41). The number of rotatable bonds is 7. The van der Waals surface area contributed by atoms with Gasteiger partial charge in [-0.15, -0.1) is 0 Å². The van der Waals surface area contributed by atoms with Crippen molar-refractivity contribution in [3.05, 3.63) is 98.2 Å². The topological polar surface area (TPSA) is 118 Å². The van der Waals surface area contributed by atoms with Crippen molar-refractivity contribution >= 4 is 52.2 Å². The van der Waals surface area contributed by atoms with Gasteiger partial charge in [0.15, 0.2) is 18.1 Å². The summed E-state index contributed by atoms with van der Waals surface area (Å²) < 4.78 is 64.5. The number of alkyl halides is 3. The molecule has 15 heteroatoms. The molecule has 0 aliphatic carbocycles. The van der Waals surface area contributed by atoms with E-state index in [0.29, 0.717) is 15.5 Å². The van der Waals surface area contributed by atoms with Crippen molar-refractivity contribution < 1.29 is 41.4 Å². The van der Waals surface area contributed by atoms with E-state index in [-0.39, 0.29) is 22.1 Å². The predicted octanol–water partition coefficient (Wildman–Crippen LogP) is 5.42. The lowest BCUT2D eigenvalue weighted by atomic mass is 9.83. The van der Waals surface area contributed by atoms with Crippen LogP contribution in [0.1, 0.15) is 21.9 Å². The number of H-pyrrole nitrogens is 1. The number of methoxy groups -OCH3 is 1. The van der Waals surface area contributed by atoms with Crippen LogP contribution < -0.4 is 24.6 Å². The summed E-state index contributed by atoms with van der Waals surface area (Å²) in [5, 5.41) is 1.78. The van der Waals surface area contributed by atoms with E-state index >= 15 is 0 Å². The second-order valence-corrected chi connectivity index (χ2v) is 12.2. The lowest BCUT2D eigenvalue weighted by Crippen LogP contribution is -2.32. The molecular formula is C30H21F4N3O6S2. The highest BCUT2D eigenvalue weighted by Gasteiger charge is 2.56. The first-order valence-electron chi connectivity index (χ1n) is 13.3. The number of halogens is 4. The van der Waals surface area contributed by atoms with Gasteiger partial charge in [-0.1, -0.05) is 41.3 Å². The van der Waals surface area contributed by atoms with Gasteiger partial charge in [-0.2, -0.15) is 13.2 Å². The van der Waals surface area contributed by atoms with E-state index in [2.05, 4.69) is 10.3 Å². The molecule has 3 atom stereocenters. The second-order valence-electron chi connectivity index (χ2n) is 10.0. The van der Waals surface area contributed by atoms with Crippen LogP contribution in [0, 0.1) is 11.7 Å². The summed E-state index contributed by atoms with van der Waals surface area (Å²) in [7, 11) is 1.34. The number of aromatic nitrogens is 1. The Morgan fingerprint density at radius 3 is 2.44 bits per heavy atom. The number of hydrogen-bond acceptors (Lipinski definition) is 8. The van der Waals surface area contributed by atoms with Gasteiger partial charge in [-0.3, -0.25) is 19.2 Å². The van der Waals surface area contributed by atoms with Crippen LogP contribution in [0.4, 0.5) is 28.9 Å². The minimum absolute atomic E-state index is 0.0893. The van der Waals surface area contributed by atoms with Crippen molar-refractivity contribution in [2.75, 3.05) is 23.9 Å². The molecule has 4 aromatic rings. The lowest BCUT2D eigenvalue weighted by Gasteiger charge is -2.30. The fraction of sp³-hybridized carbons (Fsp3) is 0.200. The molecule has 1 saturated heterocycles. The van der Waals surface area contributed by atoms with Crippen LogP contribution in [-0.2, 0) is 20.6 Å². The maximum atomic E-state index is 13.8. The number of nitrogens with zero attached hydrogens (tertiary/aromatic N) is 1. The highest BCUT2D eigenvalue weighted by Crippen LogP contribution is 2.53. The fourth-order valence-electron chi connectivity index (χ4n) is 5.39. The molecule has 6 rings (SSSR count). The molecule has 2 aliphatic rings. The predicted molar refractivity (Wildman–Crippen MR) is 157 cm³/mol. The maximum Gasteiger partial charge on any atom is 0.418 e. The molecule has 0 bridgehead atoms. The highest BCUT2D eigenvalue weighted by atomic mass is 32.2. The zero-order valence-electron chi connectivity index (χ0n) is 23.0. The van der Waals surface area contributed by atoms with Gasteiger partial charge in [0.05, 0.1) is 35.0 Å². The van der Waals surface area contributed by atoms with Crippen molar-refractivity contribution in [3.8, 4) is 11.5 Å². The Bertz CT molecular complexity index is 1870. The number of carbonyl (C=O) groups is 3. The number of anilines is 2. The van der Waals surface area contributed by atoms with Crippen molar-refractivity contribution in [1.82, 2.24) is 4.98 Å². The van der Waals surface area contributed by atoms with Gasteiger partial charge in [0.1, 0.15) is 11.1 Å². The first kappa shape index (κ1) is 30.4. The molecule has 1 fully saturated rings. The number of thioether (sulfide) groups is 1. The molecule has 3 amide bonds. The third-order valence-electron chi connectivity index (χ3n) is 7.32. The Balaban J connectivity index is 1.28. The fourth-order valence-corrected chi connectivity index (χ4v) is 7.90. The Labute approximate surface area is 260 Å². The Kier molecular flexibility index (Phi) is 7.91. The van der Waals surface area contributed by atoms with E-state index < -0.39 is 64.7 Å². The number of nitrogens with one attached hydrogen (secondary N) is 2. The molecule has 0 radical (unpaired) electrons. The lowest BCUT2D eigenvalue weighted by molar-refractivity contribution is -0.137. The number of para-hydroxylation sites is 1. The summed E-state index contributed by atoms with van der Waals surface area (Å²) in [5.74, 6) is -3.83. The van der Waals surface area contributed by atoms with Crippen LogP contribution in [0.3, 0.4) is 0 Å². The first-order valence-corrected chi connectivity index (χ1v) is 15.0. The molecule has 0 saturated carbocycles. The molecule has 232 valence electrons. The molecule has 2 N–H and O–H groups in total. The van der Waals surface area contributed by atoms with Gasteiger partial charge in [0.2, 0.25) is 11.8 Å². The summed E-state index contributed by atoms with van der Waals surface area (Å²) in [4.78, 5) is 56.1. The van der Waals surface area contributed by atoms with Crippen LogP contribution in [0.25, 0.3) is 0 Å². The highest BCUT2D eigenvalue weighted by molar-refractivity contribution is 8.00. The molecule has 3 unspecified atom stereocenters. The molecule has 45 heavy (non-hydrogen) atoms. The number of aromatic amines is 1. The third-order valence-corrected chi connectivity index (χ3v) is 9.72. The minimum Gasteiger partial charge on any atom is -0.493 e. The molecule has 0 spiro atoms. The quantitative estimate of drug-likeness (QED) is 0.201. The van der Waals surface area contributed by atoms with Crippen LogP contribution in [0.5, 0.6) is 11.5 Å². The number of imide groups is 1. The number of benzene rings is 3. The number of carbonyl (C=O) groups excluding carboxylic acids is 3. The summed E-state index contributed by atoms with van der Waals surface area (Å²) in [6, 6.07) is 14.1. The summed E-state index contributed by atoms with van der Waals surface area (Å²) in [6.07, 6.45) is -4.67. The maximum absolute atomic E-state index is 13.8. The molecule has 2 aliphatic heterocycles. The number of hydrogen-bond donors (Lipinski definition) is 2. The number of thiazole rings is 1. The van der Waals surface area contributed by atoms with Gasteiger partial charge in [-0.05, 0) is 54.1 Å². The molecule has 9 nitrogen and oxygen atoms in total. The summed E-state index contributed by atoms with van der Waals surface area (Å²) in [6.45, 7) is -0.643. The zero-order valence-corrected chi connectivity index (χ0v) is 24.6. The normalized spacial score (nSPS) is 19.2. The van der Waals surface area contributed by atoms with E-state index in [4.69, 9.17) is 9.47 Å². The average molecular weight is 660 g/mol. The largest absolute Gasteiger partial charge is 0.493 e. The van der Waals surface area contributed by atoms with Crippen LogP contribution in [0.2, 0.25) is 0 Å². The van der Waals surface area contributed by atoms with Crippen LogP contribution >= 0.6 is 23.1 Å². The van der Waals surface area contributed by atoms with E-state index in [1.165, 1.54) is 37.4 Å². The Hall–Kier alpha value is -4.63. The van der Waals surface area contributed by atoms with Gasteiger partial charge in [-0.25, -0.2) is 9.29 Å². The Morgan fingerprint density at radius 2 is 1.73 bits per heavy atom. The van der Waals surface area contributed by atoms with Crippen molar-refractivity contribution in [1.29, 1.82) is 0 Å². The molecular weight excluding hydrogens is 638 g/mol. The van der Waals surface area contributed by atoms with E-state index in [1.807, 2.05) is 0 Å². The second kappa shape index (κ2) is 11.7. The minimum atomic E-state index is -4.67. The summed E-state index contributed by atoms with van der Waals surface area (Å²) >= 11 is 2.00. The Morgan fingerprint density at radius 1 is 1.00 bits per heavy atom. The monoisotopic (exact) mass is 659 g/mol. The van der Waals surface area contributed by atoms with E-state index in [1.54, 1.807) is 12.1 Å². The molecule has 3 heterocycles. The van der Waals surface area contributed by atoms with Crippen molar-refractivity contribution in [2.45, 2.75) is 22.4 Å². The van der Waals surface area contributed by atoms with Crippen LogP contribution in [-0.4, -0.2) is 41.7 Å². The summed E-state index contributed by atoms with van der Waals surface area (Å²) in [5.41, 5.74) is -0.697. The van der Waals surface area contributed by atoms with Gasteiger partial charge in [0, 0.05) is 10.8 Å². The van der Waals surface area contributed by atoms with Crippen molar-refractivity contribution in [2.24, 2.45) is 5.92 Å².